The number of hydrogen-bond donors (Lipinski definition) is 1. The van der Waals surface area contributed by atoms with Gasteiger partial charge in [-0.15, -0.1) is 11.3 Å². The van der Waals surface area contributed by atoms with Crippen LogP contribution in [0.2, 0.25) is 0 Å². The minimum atomic E-state index is 0.708. The van der Waals surface area contributed by atoms with Gasteiger partial charge in [-0.1, -0.05) is 10.7 Å². The minimum absolute atomic E-state index is 0.708. The molecular weight excluding hydrogens is 222 g/mol. The van der Waals surface area contributed by atoms with E-state index in [1.54, 1.807) is 24.6 Å². The normalized spacial score (nSPS) is 13.0. The SMILES string of the molecule is CN=C/C=C(\C)CCc1nc(/C=N/O)cs1. The lowest BCUT2D eigenvalue weighted by Gasteiger charge is -1.96. The molecule has 0 aliphatic rings. The van der Waals surface area contributed by atoms with Gasteiger partial charge < -0.3 is 5.21 Å². The maximum absolute atomic E-state index is 8.35. The zero-order valence-electron chi connectivity index (χ0n) is 9.42. The number of hydrogen-bond acceptors (Lipinski definition) is 5. The van der Waals surface area contributed by atoms with Crippen LogP contribution >= 0.6 is 11.3 Å². The van der Waals surface area contributed by atoms with Crippen LogP contribution in [0.1, 0.15) is 24.0 Å². The maximum Gasteiger partial charge on any atom is 0.0958 e. The molecule has 0 bridgehead atoms. The first kappa shape index (κ1) is 12.6. The van der Waals surface area contributed by atoms with Crippen LogP contribution in [0.25, 0.3) is 0 Å². The van der Waals surface area contributed by atoms with Gasteiger partial charge in [-0.25, -0.2) is 4.98 Å². The van der Waals surface area contributed by atoms with Gasteiger partial charge in [0.15, 0.2) is 0 Å². The summed E-state index contributed by atoms with van der Waals surface area (Å²) >= 11 is 1.58. The van der Waals surface area contributed by atoms with Crippen LogP contribution in [0.15, 0.2) is 27.2 Å². The van der Waals surface area contributed by atoms with Crippen molar-refractivity contribution in [2.45, 2.75) is 19.8 Å². The lowest BCUT2D eigenvalue weighted by Crippen LogP contribution is -1.88. The van der Waals surface area contributed by atoms with E-state index in [0.717, 1.165) is 17.8 Å². The first-order chi connectivity index (χ1) is 7.76. The molecule has 4 nitrogen and oxygen atoms in total. The van der Waals surface area contributed by atoms with Gasteiger partial charge in [0.25, 0.3) is 0 Å². The average Bonchev–Trinajstić information content (AvgIpc) is 2.72. The van der Waals surface area contributed by atoms with E-state index in [1.165, 1.54) is 11.8 Å². The first-order valence-corrected chi connectivity index (χ1v) is 5.84. The topological polar surface area (TPSA) is 57.8 Å². The van der Waals surface area contributed by atoms with E-state index in [1.807, 2.05) is 11.5 Å². The van der Waals surface area contributed by atoms with Gasteiger partial charge in [0, 0.05) is 25.1 Å². The number of nitrogens with zero attached hydrogens (tertiary/aromatic N) is 3. The Bertz CT molecular complexity index is 407. The van der Waals surface area contributed by atoms with E-state index in [2.05, 4.69) is 22.1 Å². The van der Waals surface area contributed by atoms with E-state index in [4.69, 9.17) is 5.21 Å². The van der Waals surface area contributed by atoms with Crippen molar-refractivity contribution in [3.63, 3.8) is 0 Å². The molecule has 0 aliphatic heterocycles. The van der Waals surface area contributed by atoms with Gasteiger partial charge in [0.05, 0.1) is 16.9 Å². The summed E-state index contributed by atoms with van der Waals surface area (Å²) in [6.07, 6.45) is 7.01. The monoisotopic (exact) mass is 237 g/mol. The Morgan fingerprint density at radius 3 is 3.12 bits per heavy atom. The predicted molar refractivity (Wildman–Crippen MR) is 68.0 cm³/mol. The summed E-state index contributed by atoms with van der Waals surface area (Å²) in [6, 6.07) is 0. The van der Waals surface area contributed by atoms with Crippen LogP contribution in [-0.4, -0.2) is 29.7 Å². The molecule has 0 saturated carbocycles. The van der Waals surface area contributed by atoms with Gasteiger partial charge in [-0.2, -0.15) is 0 Å². The second-order valence-electron chi connectivity index (χ2n) is 3.33. The van der Waals surface area contributed by atoms with Gasteiger partial charge in [0.2, 0.25) is 0 Å². The first-order valence-electron chi connectivity index (χ1n) is 4.96. The molecule has 1 aromatic heterocycles. The molecule has 5 heteroatoms. The van der Waals surface area contributed by atoms with Crippen LogP contribution in [0, 0.1) is 0 Å². The van der Waals surface area contributed by atoms with Gasteiger partial charge in [-0.3, -0.25) is 4.99 Å². The van der Waals surface area contributed by atoms with E-state index >= 15 is 0 Å². The highest BCUT2D eigenvalue weighted by Crippen LogP contribution is 2.13. The zero-order valence-corrected chi connectivity index (χ0v) is 10.2. The second-order valence-corrected chi connectivity index (χ2v) is 4.27. The number of rotatable bonds is 5. The Morgan fingerprint density at radius 1 is 1.62 bits per heavy atom. The molecule has 0 aliphatic carbocycles. The maximum atomic E-state index is 8.35. The Kier molecular flexibility index (Phi) is 5.42. The lowest BCUT2D eigenvalue weighted by atomic mass is 10.1. The number of allylic oxidation sites excluding steroid dienone is 2. The summed E-state index contributed by atoms with van der Waals surface area (Å²) in [5.74, 6) is 0. The largest absolute Gasteiger partial charge is 0.411 e. The number of thiazole rings is 1. The smallest absolute Gasteiger partial charge is 0.0958 e. The molecule has 0 saturated heterocycles. The molecule has 16 heavy (non-hydrogen) atoms. The number of aryl methyl sites for hydroxylation is 1. The van der Waals surface area contributed by atoms with Crippen LogP contribution in [0.5, 0.6) is 0 Å². The molecule has 0 fully saturated rings. The summed E-state index contributed by atoms with van der Waals surface area (Å²) in [4.78, 5) is 8.20. The third-order valence-electron chi connectivity index (χ3n) is 2.00. The fourth-order valence-corrected chi connectivity index (χ4v) is 1.90. The summed E-state index contributed by atoms with van der Waals surface area (Å²) < 4.78 is 0. The van der Waals surface area contributed by atoms with Crippen molar-refractivity contribution < 1.29 is 5.21 Å². The second kappa shape index (κ2) is 6.90. The highest BCUT2D eigenvalue weighted by Gasteiger charge is 2.00. The highest BCUT2D eigenvalue weighted by atomic mass is 32.1. The van der Waals surface area contributed by atoms with Crippen molar-refractivity contribution in [2.24, 2.45) is 10.1 Å². The fourth-order valence-electron chi connectivity index (χ4n) is 1.15. The molecule has 0 unspecified atom stereocenters. The molecule has 0 amide bonds. The Hall–Kier alpha value is -1.49. The molecular formula is C11H15N3OS. The number of oxime groups is 1. The third kappa shape index (κ3) is 4.35. The van der Waals surface area contributed by atoms with Gasteiger partial charge in [-0.05, 0) is 19.4 Å². The third-order valence-corrected chi connectivity index (χ3v) is 2.93. The van der Waals surface area contributed by atoms with Crippen molar-refractivity contribution in [3.8, 4) is 0 Å². The van der Waals surface area contributed by atoms with Crippen LogP contribution in [0.3, 0.4) is 0 Å². The van der Waals surface area contributed by atoms with Crippen molar-refractivity contribution in [2.75, 3.05) is 7.05 Å². The Morgan fingerprint density at radius 2 is 2.44 bits per heavy atom. The highest BCUT2D eigenvalue weighted by molar-refractivity contribution is 7.09. The Balaban J connectivity index is 2.48. The number of aromatic nitrogens is 1. The summed E-state index contributed by atoms with van der Waals surface area (Å²) in [7, 11) is 1.76. The van der Waals surface area contributed by atoms with Crippen LogP contribution in [-0.2, 0) is 6.42 Å². The summed E-state index contributed by atoms with van der Waals surface area (Å²) in [5.41, 5.74) is 1.98. The van der Waals surface area contributed by atoms with Crippen molar-refractivity contribution >= 4 is 23.8 Å². The standard InChI is InChI=1S/C11H15N3OS/c1-9(5-6-12-2)3-4-11-14-10(7-13-15)8-16-11/h5-8,15H,3-4H2,1-2H3/b9-5+,12-6?,13-7+. The molecule has 0 spiro atoms. The average molecular weight is 237 g/mol. The van der Waals surface area contributed by atoms with Gasteiger partial charge in [0.1, 0.15) is 0 Å². The summed E-state index contributed by atoms with van der Waals surface area (Å²) in [5, 5.41) is 14.2. The Labute approximate surface area is 99.1 Å². The van der Waals surface area contributed by atoms with E-state index in [9.17, 15) is 0 Å². The van der Waals surface area contributed by atoms with Crippen molar-refractivity contribution in [1.29, 1.82) is 0 Å². The van der Waals surface area contributed by atoms with Crippen molar-refractivity contribution in [1.82, 2.24) is 4.98 Å². The molecule has 1 heterocycles. The number of aliphatic imine (C=N–C) groups is 1. The lowest BCUT2D eigenvalue weighted by molar-refractivity contribution is 0.321. The predicted octanol–water partition coefficient (Wildman–Crippen LogP) is 2.53. The summed E-state index contributed by atoms with van der Waals surface area (Å²) in [6.45, 7) is 2.07. The van der Waals surface area contributed by atoms with E-state index in [0.29, 0.717) is 5.69 Å². The van der Waals surface area contributed by atoms with Crippen molar-refractivity contribution in [3.05, 3.63) is 27.7 Å². The zero-order chi connectivity index (χ0) is 11.8. The molecule has 0 aromatic carbocycles. The molecule has 86 valence electrons. The molecule has 0 radical (unpaired) electrons. The molecule has 1 aromatic rings. The van der Waals surface area contributed by atoms with E-state index in [-0.39, 0.29) is 0 Å². The molecule has 1 rings (SSSR count). The van der Waals surface area contributed by atoms with E-state index < -0.39 is 0 Å². The molecule has 1 N–H and O–H groups in total. The minimum Gasteiger partial charge on any atom is -0.411 e. The fraction of sp³-hybridized carbons (Fsp3) is 0.364. The quantitative estimate of drug-likeness (QED) is 0.486. The van der Waals surface area contributed by atoms with Crippen LogP contribution < -0.4 is 0 Å². The van der Waals surface area contributed by atoms with Crippen LogP contribution in [0.4, 0.5) is 0 Å². The molecule has 0 atom stereocenters. The van der Waals surface area contributed by atoms with Gasteiger partial charge >= 0.3 is 0 Å².